The number of carbonyl (C=O) groups excluding carboxylic acids is 2. The first kappa shape index (κ1) is 24.1. The van der Waals surface area contributed by atoms with Gasteiger partial charge in [0.05, 0.1) is 30.3 Å². The van der Waals surface area contributed by atoms with Crippen molar-refractivity contribution in [3.05, 3.63) is 89.5 Å². The molecule has 0 fully saturated rings. The minimum absolute atomic E-state index is 0.162. The molecule has 0 aliphatic carbocycles. The van der Waals surface area contributed by atoms with Gasteiger partial charge in [-0.05, 0) is 55.0 Å². The van der Waals surface area contributed by atoms with Gasteiger partial charge in [-0.15, -0.1) is 0 Å². The first-order chi connectivity index (χ1) is 16.5. The van der Waals surface area contributed by atoms with Crippen LogP contribution in [-0.2, 0) is 20.9 Å². The van der Waals surface area contributed by atoms with Crippen molar-refractivity contribution in [2.45, 2.75) is 19.6 Å². The van der Waals surface area contributed by atoms with Crippen LogP contribution in [0.2, 0.25) is 0 Å². The van der Waals surface area contributed by atoms with E-state index in [1.165, 1.54) is 12.1 Å². The molecule has 0 heterocycles. The third kappa shape index (κ3) is 6.74. The molecule has 0 amide bonds. The number of benzene rings is 3. The maximum atomic E-state index is 12.1. The van der Waals surface area contributed by atoms with E-state index in [0.29, 0.717) is 17.0 Å². The molecule has 0 aliphatic heterocycles. The summed E-state index contributed by atoms with van der Waals surface area (Å²) in [6.07, 6.45) is 0. The Balaban J connectivity index is 1.89. The quantitative estimate of drug-likeness (QED) is 0.435. The van der Waals surface area contributed by atoms with Gasteiger partial charge >= 0.3 is 5.97 Å². The molecule has 0 spiro atoms. The number of anilines is 1. The standard InChI is InChI=1S/C26H24N2O6/c1-2-32-24(29)17-34-23-13-12-21(33-16-19-6-4-3-5-7-19)14-22(23)25(26(30)31)28-20-10-8-18(15-27)9-11-20/h3-14,25,28H,2,16-17H2,1H3,(H,30,31)/p-1. The number of carbonyl (C=O) groups is 2. The Hall–Kier alpha value is -4.51. The largest absolute Gasteiger partial charge is 0.548 e. The zero-order valence-corrected chi connectivity index (χ0v) is 18.5. The summed E-state index contributed by atoms with van der Waals surface area (Å²) in [5.41, 5.74) is 2.04. The summed E-state index contributed by atoms with van der Waals surface area (Å²) in [4.78, 5) is 23.9. The Kier molecular flexibility index (Phi) is 8.47. The maximum absolute atomic E-state index is 12.1. The number of esters is 1. The first-order valence-corrected chi connectivity index (χ1v) is 10.6. The van der Waals surface area contributed by atoms with Crippen LogP contribution < -0.4 is 19.9 Å². The average Bonchev–Trinajstić information content (AvgIpc) is 2.86. The summed E-state index contributed by atoms with van der Waals surface area (Å²) >= 11 is 0. The van der Waals surface area contributed by atoms with Crippen LogP contribution in [0.3, 0.4) is 0 Å². The molecule has 1 N–H and O–H groups in total. The molecule has 3 rings (SSSR count). The van der Waals surface area contributed by atoms with Gasteiger partial charge in [0.15, 0.2) is 6.61 Å². The fraction of sp³-hybridized carbons (Fsp3) is 0.192. The van der Waals surface area contributed by atoms with Crippen molar-refractivity contribution in [1.29, 1.82) is 5.26 Å². The van der Waals surface area contributed by atoms with E-state index >= 15 is 0 Å². The number of carboxylic acid groups (broad SMARTS) is 1. The number of aliphatic carboxylic acids is 1. The minimum atomic E-state index is -1.41. The fourth-order valence-corrected chi connectivity index (χ4v) is 3.12. The Labute approximate surface area is 197 Å². The molecule has 1 atom stereocenters. The van der Waals surface area contributed by atoms with Gasteiger partial charge in [-0.25, -0.2) is 4.79 Å². The second-order valence-electron chi connectivity index (χ2n) is 7.15. The predicted molar refractivity (Wildman–Crippen MR) is 122 cm³/mol. The molecular formula is C26H23N2O6-. The zero-order valence-electron chi connectivity index (χ0n) is 18.5. The van der Waals surface area contributed by atoms with Crippen molar-refractivity contribution in [3.63, 3.8) is 0 Å². The van der Waals surface area contributed by atoms with Crippen molar-refractivity contribution in [2.24, 2.45) is 0 Å². The summed E-state index contributed by atoms with van der Waals surface area (Å²) in [5.74, 6) is -1.42. The van der Waals surface area contributed by atoms with E-state index in [9.17, 15) is 14.7 Å². The zero-order chi connectivity index (χ0) is 24.3. The van der Waals surface area contributed by atoms with Crippen LogP contribution in [0.15, 0.2) is 72.8 Å². The van der Waals surface area contributed by atoms with E-state index in [1.807, 2.05) is 36.4 Å². The van der Waals surface area contributed by atoms with E-state index in [2.05, 4.69) is 5.32 Å². The van der Waals surface area contributed by atoms with Crippen LogP contribution in [0.5, 0.6) is 11.5 Å². The van der Waals surface area contributed by atoms with Gasteiger partial charge in [-0.1, -0.05) is 30.3 Å². The second kappa shape index (κ2) is 11.9. The highest BCUT2D eigenvalue weighted by Crippen LogP contribution is 2.32. The normalized spacial score (nSPS) is 11.1. The third-order valence-corrected chi connectivity index (χ3v) is 4.75. The van der Waals surface area contributed by atoms with E-state index in [0.717, 1.165) is 5.56 Å². The monoisotopic (exact) mass is 459 g/mol. The molecule has 0 aromatic heterocycles. The maximum Gasteiger partial charge on any atom is 0.344 e. The molecule has 3 aromatic carbocycles. The molecule has 174 valence electrons. The number of nitriles is 1. The topological polar surface area (TPSA) is 121 Å². The Bertz CT molecular complexity index is 1160. The van der Waals surface area contributed by atoms with Gasteiger partial charge < -0.3 is 29.4 Å². The lowest BCUT2D eigenvalue weighted by Crippen LogP contribution is -2.34. The van der Waals surface area contributed by atoms with Gasteiger partial charge in [0.2, 0.25) is 0 Å². The summed E-state index contributed by atoms with van der Waals surface area (Å²) in [7, 11) is 0. The summed E-state index contributed by atoms with van der Waals surface area (Å²) in [6, 6.07) is 21.2. The van der Waals surface area contributed by atoms with Gasteiger partial charge in [-0.2, -0.15) is 5.26 Å². The smallest absolute Gasteiger partial charge is 0.344 e. The highest BCUT2D eigenvalue weighted by Gasteiger charge is 2.20. The Morgan fingerprint density at radius 2 is 1.76 bits per heavy atom. The summed E-state index contributed by atoms with van der Waals surface area (Å²) < 4.78 is 16.3. The molecule has 3 aromatic rings. The summed E-state index contributed by atoms with van der Waals surface area (Å²) in [5, 5.41) is 23.9. The van der Waals surface area contributed by atoms with Crippen LogP contribution in [0.4, 0.5) is 5.69 Å². The van der Waals surface area contributed by atoms with Crippen molar-refractivity contribution in [2.75, 3.05) is 18.5 Å². The van der Waals surface area contributed by atoms with Gasteiger partial charge in [-0.3, -0.25) is 0 Å². The predicted octanol–water partition coefficient (Wildman–Crippen LogP) is 2.98. The molecule has 0 aliphatic rings. The number of rotatable bonds is 11. The molecule has 8 nitrogen and oxygen atoms in total. The van der Waals surface area contributed by atoms with Crippen molar-refractivity contribution < 1.29 is 28.9 Å². The highest BCUT2D eigenvalue weighted by atomic mass is 16.6. The molecule has 0 radical (unpaired) electrons. The number of carboxylic acids is 1. The van der Waals surface area contributed by atoms with Crippen LogP contribution in [-0.4, -0.2) is 25.2 Å². The summed E-state index contributed by atoms with van der Waals surface area (Å²) in [6.45, 7) is 1.77. The average molecular weight is 459 g/mol. The first-order valence-electron chi connectivity index (χ1n) is 10.6. The molecule has 1 unspecified atom stereocenters. The number of hydrogen-bond donors (Lipinski definition) is 1. The number of nitrogens with zero attached hydrogens (tertiary/aromatic N) is 1. The number of ether oxygens (including phenoxy) is 3. The molecule has 0 saturated carbocycles. The number of nitrogens with one attached hydrogen (secondary N) is 1. The van der Waals surface area contributed by atoms with E-state index in [4.69, 9.17) is 19.5 Å². The lowest BCUT2D eigenvalue weighted by atomic mass is 10.0. The lowest BCUT2D eigenvalue weighted by Gasteiger charge is -2.24. The molecule has 0 saturated heterocycles. The minimum Gasteiger partial charge on any atom is -0.548 e. The van der Waals surface area contributed by atoms with E-state index in [1.54, 1.807) is 37.3 Å². The fourth-order valence-electron chi connectivity index (χ4n) is 3.12. The number of hydrogen-bond acceptors (Lipinski definition) is 8. The second-order valence-corrected chi connectivity index (χ2v) is 7.15. The van der Waals surface area contributed by atoms with Gasteiger partial charge in [0, 0.05) is 11.3 Å². The van der Waals surface area contributed by atoms with Gasteiger partial charge in [0.1, 0.15) is 18.1 Å². The van der Waals surface area contributed by atoms with E-state index < -0.39 is 18.0 Å². The molecule has 34 heavy (non-hydrogen) atoms. The SMILES string of the molecule is CCOC(=O)COc1ccc(OCc2ccccc2)cc1C(Nc1ccc(C#N)cc1)C(=O)[O-]. The van der Waals surface area contributed by atoms with E-state index in [-0.39, 0.29) is 31.1 Å². The van der Waals surface area contributed by atoms with Crippen LogP contribution in [0.25, 0.3) is 0 Å². The Morgan fingerprint density at radius 3 is 2.41 bits per heavy atom. The Morgan fingerprint density at radius 1 is 1.03 bits per heavy atom. The van der Waals surface area contributed by atoms with Crippen molar-refractivity contribution in [3.8, 4) is 17.6 Å². The molecular weight excluding hydrogens is 436 g/mol. The van der Waals surface area contributed by atoms with Crippen molar-refractivity contribution in [1.82, 2.24) is 0 Å². The molecule has 8 heteroatoms. The van der Waals surface area contributed by atoms with Crippen LogP contribution in [0.1, 0.15) is 29.7 Å². The molecule has 0 bridgehead atoms. The highest BCUT2D eigenvalue weighted by molar-refractivity contribution is 5.79. The van der Waals surface area contributed by atoms with Gasteiger partial charge in [0.25, 0.3) is 0 Å². The van der Waals surface area contributed by atoms with Crippen LogP contribution >= 0.6 is 0 Å². The lowest BCUT2D eigenvalue weighted by molar-refractivity contribution is -0.307. The van der Waals surface area contributed by atoms with Crippen molar-refractivity contribution >= 4 is 17.6 Å². The van der Waals surface area contributed by atoms with Crippen LogP contribution in [0, 0.1) is 11.3 Å². The third-order valence-electron chi connectivity index (χ3n) is 4.75.